The minimum Gasteiger partial charge on any atom is -0.367 e. The third-order valence-electron chi connectivity index (χ3n) is 4.17. The molecule has 1 aliphatic heterocycles. The van der Waals surface area contributed by atoms with Crippen molar-refractivity contribution < 1.29 is 9.18 Å². The molecule has 1 atom stereocenters. The number of nitrogens with zero attached hydrogens (tertiary/aromatic N) is 3. The van der Waals surface area contributed by atoms with Crippen LogP contribution in [0.5, 0.6) is 0 Å². The molecule has 1 amide bonds. The first-order valence-corrected chi connectivity index (χ1v) is 8.75. The molecule has 0 aromatic heterocycles. The lowest BCUT2D eigenvalue weighted by atomic mass is 10.0. The third kappa shape index (κ3) is 5.62. The summed E-state index contributed by atoms with van der Waals surface area (Å²) in [4.78, 5) is 19.7. The first-order valence-electron chi connectivity index (χ1n) is 8.75. The molecule has 2 N–H and O–H groups in total. The summed E-state index contributed by atoms with van der Waals surface area (Å²) in [5.74, 6) is 0.382. The minimum atomic E-state index is -0.194. The topological polar surface area (TPSA) is 60.0 Å². The van der Waals surface area contributed by atoms with E-state index in [-0.39, 0.29) is 24.3 Å². The molecule has 7 heteroatoms. The summed E-state index contributed by atoms with van der Waals surface area (Å²) < 4.78 is 14.0. The van der Waals surface area contributed by atoms with Crippen LogP contribution < -0.4 is 15.5 Å². The lowest BCUT2D eigenvalue weighted by Gasteiger charge is -2.35. The van der Waals surface area contributed by atoms with Gasteiger partial charge in [-0.05, 0) is 31.9 Å². The predicted octanol–water partition coefficient (Wildman–Crippen LogP) is 1.44. The van der Waals surface area contributed by atoms with Crippen LogP contribution in [0.25, 0.3) is 0 Å². The summed E-state index contributed by atoms with van der Waals surface area (Å²) in [5, 5.41) is 6.54. The molecule has 0 bridgehead atoms. The molecule has 2 rings (SSSR count). The van der Waals surface area contributed by atoms with Crippen molar-refractivity contribution in [2.75, 3.05) is 45.2 Å². The van der Waals surface area contributed by atoms with Gasteiger partial charge in [0, 0.05) is 39.8 Å². The zero-order valence-electron chi connectivity index (χ0n) is 15.3. The molecule has 0 radical (unpaired) electrons. The molecule has 1 saturated heterocycles. The van der Waals surface area contributed by atoms with Gasteiger partial charge in [0.05, 0.1) is 5.69 Å². The summed E-state index contributed by atoms with van der Waals surface area (Å²) in [7, 11) is 3.43. The molecule has 25 heavy (non-hydrogen) atoms. The largest absolute Gasteiger partial charge is 0.367 e. The van der Waals surface area contributed by atoms with Gasteiger partial charge in [0.1, 0.15) is 12.4 Å². The molecule has 1 heterocycles. The highest BCUT2D eigenvalue weighted by atomic mass is 19.1. The van der Waals surface area contributed by atoms with Gasteiger partial charge in [0.25, 0.3) is 0 Å². The van der Waals surface area contributed by atoms with E-state index in [4.69, 9.17) is 0 Å². The lowest BCUT2D eigenvalue weighted by molar-refractivity contribution is -0.127. The van der Waals surface area contributed by atoms with Crippen LogP contribution >= 0.6 is 0 Å². The summed E-state index contributed by atoms with van der Waals surface area (Å²) in [6.45, 7) is 4.34. The fourth-order valence-corrected chi connectivity index (χ4v) is 2.82. The Labute approximate surface area is 149 Å². The number of piperidine rings is 1. The SMILES string of the molecule is CCNC(=NCC(=O)N(C)C)NC1CCCN(c2ccccc2F)C1. The first kappa shape index (κ1) is 19.0. The quantitative estimate of drug-likeness (QED) is 0.624. The monoisotopic (exact) mass is 349 g/mol. The second kappa shape index (κ2) is 9.25. The molecular weight excluding hydrogens is 321 g/mol. The van der Waals surface area contributed by atoms with E-state index < -0.39 is 0 Å². The highest BCUT2D eigenvalue weighted by molar-refractivity contribution is 5.85. The van der Waals surface area contributed by atoms with Crippen molar-refractivity contribution in [2.45, 2.75) is 25.8 Å². The first-order chi connectivity index (χ1) is 12.0. The van der Waals surface area contributed by atoms with Gasteiger partial charge in [0.2, 0.25) is 5.91 Å². The van der Waals surface area contributed by atoms with E-state index in [0.29, 0.717) is 24.7 Å². The van der Waals surface area contributed by atoms with Crippen LogP contribution in [0.4, 0.5) is 10.1 Å². The molecule has 1 fully saturated rings. The van der Waals surface area contributed by atoms with E-state index in [9.17, 15) is 9.18 Å². The Kier molecular flexibility index (Phi) is 7.03. The van der Waals surface area contributed by atoms with Crippen LogP contribution in [-0.4, -0.2) is 63.1 Å². The number of benzene rings is 1. The van der Waals surface area contributed by atoms with Crippen molar-refractivity contribution in [3.05, 3.63) is 30.1 Å². The number of para-hydroxylation sites is 1. The standard InChI is InChI=1S/C18H28FN5O/c1-4-20-18(21-12-17(25)23(2)3)22-14-8-7-11-24(13-14)16-10-6-5-9-15(16)19/h5-6,9-10,14H,4,7-8,11-13H2,1-3H3,(H2,20,21,22). The number of carbonyl (C=O) groups is 1. The highest BCUT2D eigenvalue weighted by Crippen LogP contribution is 2.22. The number of halogens is 1. The Morgan fingerprint density at radius 3 is 2.84 bits per heavy atom. The smallest absolute Gasteiger partial charge is 0.243 e. The van der Waals surface area contributed by atoms with Crippen molar-refractivity contribution in [2.24, 2.45) is 4.99 Å². The number of nitrogens with one attached hydrogen (secondary N) is 2. The van der Waals surface area contributed by atoms with E-state index in [1.807, 2.05) is 19.1 Å². The van der Waals surface area contributed by atoms with Gasteiger partial charge < -0.3 is 20.4 Å². The Morgan fingerprint density at radius 2 is 2.16 bits per heavy atom. The van der Waals surface area contributed by atoms with E-state index in [1.165, 1.54) is 11.0 Å². The van der Waals surface area contributed by atoms with Crippen molar-refractivity contribution in [3.63, 3.8) is 0 Å². The predicted molar refractivity (Wildman–Crippen MR) is 99.4 cm³/mol. The number of rotatable bonds is 5. The van der Waals surface area contributed by atoms with E-state index in [0.717, 1.165) is 19.4 Å². The Hall–Kier alpha value is -2.31. The Bertz CT molecular complexity index is 605. The fraction of sp³-hybridized carbons (Fsp3) is 0.556. The second-order valence-electron chi connectivity index (χ2n) is 6.36. The van der Waals surface area contributed by atoms with Crippen LogP contribution in [-0.2, 0) is 4.79 Å². The number of anilines is 1. The van der Waals surface area contributed by atoms with Crippen LogP contribution in [0.1, 0.15) is 19.8 Å². The van der Waals surface area contributed by atoms with Gasteiger partial charge in [-0.2, -0.15) is 0 Å². The minimum absolute atomic E-state index is 0.0474. The average molecular weight is 349 g/mol. The van der Waals surface area contributed by atoms with Crippen molar-refractivity contribution in [1.29, 1.82) is 0 Å². The van der Waals surface area contributed by atoms with Crippen LogP contribution in [0.3, 0.4) is 0 Å². The maximum Gasteiger partial charge on any atom is 0.243 e. The molecule has 1 aromatic rings. The molecule has 1 unspecified atom stereocenters. The molecule has 0 aliphatic carbocycles. The number of likely N-dealkylation sites (N-methyl/N-ethyl adjacent to an activating group) is 1. The normalized spacial score (nSPS) is 18.0. The number of carbonyl (C=O) groups excluding carboxylic acids is 1. The molecule has 1 aliphatic rings. The maximum atomic E-state index is 14.0. The van der Waals surface area contributed by atoms with Crippen LogP contribution in [0, 0.1) is 5.82 Å². The third-order valence-corrected chi connectivity index (χ3v) is 4.17. The van der Waals surface area contributed by atoms with Gasteiger partial charge in [-0.3, -0.25) is 4.79 Å². The second-order valence-corrected chi connectivity index (χ2v) is 6.36. The molecular formula is C18H28FN5O. The van der Waals surface area contributed by atoms with Crippen molar-refractivity contribution in [3.8, 4) is 0 Å². The van der Waals surface area contributed by atoms with Gasteiger partial charge >= 0.3 is 0 Å². The number of hydrogen-bond acceptors (Lipinski definition) is 3. The van der Waals surface area contributed by atoms with Crippen molar-refractivity contribution in [1.82, 2.24) is 15.5 Å². The summed E-state index contributed by atoms with van der Waals surface area (Å²) in [5.41, 5.74) is 0.638. The number of amides is 1. The Morgan fingerprint density at radius 1 is 1.40 bits per heavy atom. The zero-order valence-corrected chi connectivity index (χ0v) is 15.3. The van der Waals surface area contributed by atoms with E-state index in [2.05, 4.69) is 20.5 Å². The lowest BCUT2D eigenvalue weighted by Crippen LogP contribution is -2.51. The average Bonchev–Trinajstić information content (AvgIpc) is 2.60. The molecule has 6 nitrogen and oxygen atoms in total. The summed E-state index contributed by atoms with van der Waals surface area (Å²) >= 11 is 0. The molecule has 0 spiro atoms. The van der Waals surface area contributed by atoms with Gasteiger partial charge in [-0.25, -0.2) is 9.38 Å². The zero-order chi connectivity index (χ0) is 18.2. The summed E-state index contributed by atoms with van der Waals surface area (Å²) in [6, 6.07) is 7.02. The van der Waals surface area contributed by atoms with Gasteiger partial charge in [-0.1, -0.05) is 12.1 Å². The summed E-state index contributed by atoms with van der Waals surface area (Å²) in [6.07, 6.45) is 1.96. The fourth-order valence-electron chi connectivity index (χ4n) is 2.82. The molecule has 1 aromatic carbocycles. The van der Waals surface area contributed by atoms with E-state index in [1.54, 1.807) is 20.2 Å². The van der Waals surface area contributed by atoms with Crippen LogP contribution in [0.15, 0.2) is 29.3 Å². The van der Waals surface area contributed by atoms with Crippen molar-refractivity contribution >= 4 is 17.6 Å². The van der Waals surface area contributed by atoms with Gasteiger partial charge in [0.15, 0.2) is 5.96 Å². The van der Waals surface area contributed by atoms with Gasteiger partial charge in [-0.15, -0.1) is 0 Å². The number of hydrogen-bond donors (Lipinski definition) is 2. The maximum absolute atomic E-state index is 14.0. The molecule has 138 valence electrons. The van der Waals surface area contributed by atoms with Crippen LogP contribution in [0.2, 0.25) is 0 Å². The molecule has 0 saturated carbocycles. The Balaban J connectivity index is 2.00. The highest BCUT2D eigenvalue weighted by Gasteiger charge is 2.22. The van der Waals surface area contributed by atoms with E-state index >= 15 is 0 Å². The number of guanidine groups is 1. The number of aliphatic imine (C=N–C) groups is 1.